The smallest absolute Gasteiger partial charge is 0.325 e. The first kappa shape index (κ1) is 28.1. The molecule has 9 nitrogen and oxygen atoms in total. The summed E-state index contributed by atoms with van der Waals surface area (Å²) in [5.74, 6) is 3.00. The molecule has 3 aliphatic rings. The van der Waals surface area contributed by atoms with Crippen LogP contribution in [-0.2, 0) is 18.5 Å². The van der Waals surface area contributed by atoms with Crippen LogP contribution in [0.4, 0.5) is 4.79 Å². The minimum atomic E-state index is -0.487. The Morgan fingerprint density at radius 1 is 0.875 bits per heavy atom. The number of carbonyl (C=O) groups excluding carboxylic acids is 1. The van der Waals surface area contributed by atoms with Crippen molar-refractivity contribution in [2.24, 2.45) is 0 Å². The van der Waals surface area contributed by atoms with Crippen molar-refractivity contribution in [3.63, 3.8) is 0 Å². The lowest BCUT2D eigenvalue weighted by Gasteiger charge is -2.45. The Morgan fingerprint density at radius 3 is 2.08 bits per heavy atom. The number of fused-ring (bicyclic) bond motifs is 3. The summed E-state index contributed by atoms with van der Waals surface area (Å²) in [7, 11) is 6.63. The standard InChI is InChI=1S/C31H41N3O6/c1-30(2)18-27-31(7-9-32(10-8-31)19-21-13-23(37-3)16-24(14-21)38-4)34(11-12-35)29(36)33(27)20-22-15-25(39-5)17-26(40-6)28(22)30/h13-18,35H,7-12,19-20H2,1-6H3. The average Bonchev–Trinajstić information content (AvgIpc) is 3.06. The molecule has 0 aromatic heterocycles. The Hall–Kier alpha value is -3.43. The molecule has 0 radical (unpaired) electrons. The molecule has 1 spiro atoms. The molecule has 3 aliphatic heterocycles. The van der Waals surface area contributed by atoms with Gasteiger partial charge in [0.05, 0.1) is 47.1 Å². The molecular formula is C31H41N3O6. The van der Waals surface area contributed by atoms with E-state index < -0.39 is 11.0 Å². The number of benzene rings is 2. The van der Waals surface area contributed by atoms with E-state index in [0.29, 0.717) is 18.8 Å². The van der Waals surface area contributed by atoms with Crippen molar-refractivity contribution in [1.82, 2.24) is 14.7 Å². The van der Waals surface area contributed by atoms with Gasteiger partial charge in [-0.3, -0.25) is 9.80 Å². The van der Waals surface area contributed by atoms with Gasteiger partial charge in [0.2, 0.25) is 0 Å². The predicted octanol–water partition coefficient (Wildman–Crippen LogP) is 4.16. The molecular weight excluding hydrogens is 510 g/mol. The second-order valence-electron chi connectivity index (χ2n) is 11.4. The Bertz CT molecular complexity index is 1280. The number of allylic oxidation sites excluding steroid dienone is 1. The van der Waals surface area contributed by atoms with E-state index in [2.05, 4.69) is 24.8 Å². The predicted molar refractivity (Wildman–Crippen MR) is 152 cm³/mol. The topological polar surface area (TPSA) is 83.9 Å². The van der Waals surface area contributed by atoms with Crippen molar-refractivity contribution in [1.29, 1.82) is 0 Å². The SMILES string of the molecule is COc1cc(CN2CCC3(CC2)C2=CC(C)(C)c4c(cc(OC)cc4OC)CN2C(=O)N3CCO)cc(OC)c1. The Morgan fingerprint density at radius 2 is 1.50 bits per heavy atom. The average molecular weight is 552 g/mol. The lowest BCUT2D eigenvalue weighted by atomic mass is 9.77. The number of aliphatic hydroxyl groups is 1. The number of hydrogen-bond acceptors (Lipinski definition) is 7. The van der Waals surface area contributed by atoms with Crippen LogP contribution in [0.1, 0.15) is 43.4 Å². The first-order valence-corrected chi connectivity index (χ1v) is 13.8. The zero-order chi connectivity index (χ0) is 28.7. The number of rotatable bonds is 8. The van der Waals surface area contributed by atoms with Gasteiger partial charge in [0.15, 0.2) is 0 Å². The minimum Gasteiger partial charge on any atom is -0.497 e. The molecule has 5 rings (SSSR count). The van der Waals surface area contributed by atoms with Gasteiger partial charge >= 0.3 is 6.03 Å². The summed E-state index contributed by atoms with van der Waals surface area (Å²) in [5, 5.41) is 9.99. The fourth-order valence-corrected chi connectivity index (χ4v) is 6.78. The minimum absolute atomic E-state index is 0.0586. The summed E-state index contributed by atoms with van der Waals surface area (Å²) < 4.78 is 22.3. The summed E-state index contributed by atoms with van der Waals surface area (Å²) in [6, 6.07) is 9.83. The van der Waals surface area contributed by atoms with E-state index in [9.17, 15) is 9.90 Å². The Kier molecular flexibility index (Phi) is 7.63. The molecule has 9 heteroatoms. The number of methoxy groups -OCH3 is 4. The third kappa shape index (κ3) is 4.75. The third-order valence-corrected chi connectivity index (χ3v) is 8.65. The van der Waals surface area contributed by atoms with Gasteiger partial charge < -0.3 is 29.0 Å². The number of hydrogen-bond donors (Lipinski definition) is 1. The van der Waals surface area contributed by atoms with Crippen LogP contribution in [0.15, 0.2) is 42.1 Å². The maximum Gasteiger partial charge on any atom is 0.325 e. The number of nitrogens with zero attached hydrogens (tertiary/aromatic N) is 3. The van der Waals surface area contributed by atoms with Crippen molar-refractivity contribution in [2.45, 2.75) is 50.7 Å². The fourth-order valence-electron chi connectivity index (χ4n) is 6.78. The highest BCUT2D eigenvalue weighted by molar-refractivity contribution is 5.83. The number of piperidine rings is 1. The number of urea groups is 1. The number of β-amino-alcohol motifs (C(OH)–C–C–N with tert-alkyl or cyclic N) is 1. The number of likely N-dealkylation sites (tertiary alicyclic amines) is 1. The van der Waals surface area contributed by atoms with Crippen LogP contribution in [0.2, 0.25) is 0 Å². The molecule has 2 saturated heterocycles. The summed E-state index contributed by atoms with van der Waals surface area (Å²) in [6.07, 6.45) is 3.80. The van der Waals surface area contributed by atoms with Crippen molar-refractivity contribution in [3.8, 4) is 23.0 Å². The van der Waals surface area contributed by atoms with Crippen LogP contribution < -0.4 is 18.9 Å². The molecule has 40 heavy (non-hydrogen) atoms. The first-order chi connectivity index (χ1) is 19.2. The molecule has 0 unspecified atom stereocenters. The molecule has 0 aliphatic carbocycles. The van der Waals surface area contributed by atoms with Crippen molar-refractivity contribution in [2.75, 3.05) is 54.7 Å². The van der Waals surface area contributed by atoms with E-state index in [1.54, 1.807) is 28.4 Å². The van der Waals surface area contributed by atoms with Gasteiger partial charge in [0.1, 0.15) is 23.0 Å². The highest BCUT2D eigenvalue weighted by Gasteiger charge is 2.56. The van der Waals surface area contributed by atoms with Gasteiger partial charge in [-0.25, -0.2) is 4.79 Å². The van der Waals surface area contributed by atoms with Crippen molar-refractivity contribution >= 4 is 6.03 Å². The van der Waals surface area contributed by atoms with Crippen molar-refractivity contribution < 1.29 is 28.8 Å². The zero-order valence-corrected chi connectivity index (χ0v) is 24.5. The van der Waals surface area contributed by atoms with Crippen LogP contribution >= 0.6 is 0 Å². The fraction of sp³-hybridized carbons (Fsp3) is 0.516. The normalized spacial score (nSPS) is 19.6. The van der Waals surface area contributed by atoms with Gasteiger partial charge in [0, 0.05) is 55.0 Å². The summed E-state index contributed by atoms with van der Waals surface area (Å²) >= 11 is 0. The lowest BCUT2D eigenvalue weighted by molar-refractivity contribution is 0.0744. The number of amides is 2. The highest BCUT2D eigenvalue weighted by atomic mass is 16.5. The van der Waals surface area contributed by atoms with Gasteiger partial charge in [-0.05, 0) is 42.2 Å². The molecule has 0 saturated carbocycles. The molecule has 3 heterocycles. The van der Waals surface area contributed by atoms with Gasteiger partial charge in [-0.2, -0.15) is 0 Å². The molecule has 2 amide bonds. The van der Waals surface area contributed by atoms with Crippen LogP contribution in [0.3, 0.4) is 0 Å². The highest BCUT2D eigenvalue weighted by Crippen LogP contribution is 2.50. The molecule has 1 N–H and O–H groups in total. The third-order valence-electron chi connectivity index (χ3n) is 8.65. The van der Waals surface area contributed by atoms with E-state index in [-0.39, 0.29) is 12.6 Å². The Balaban J connectivity index is 1.48. The van der Waals surface area contributed by atoms with Gasteiger partial charge in [0.25, 0.3) is 0 Å². The quantitative estimate of drug-likeness (QED) is 0.528. The number of carbonyl (C=O) groups is 1. The van der Waals surface area contributed by atoms with Crippen LogP contribution in [0, 0.1) is 0 Å². The van der Waals surface area contributed by atoms with E-state index in [1.807, 2.05) is 40.1 Å². The van der Waals surface area contributed by atoms with Gasteiger partial charge in [-0.15, -0.1) is 0 Å². The van der Waals surface area contributed by atoms with E-state index >= 15 is 0 Å². The monoisotopic (exact) mass is 551 g/mol. The first-order valence-electron chi connectivity index (χ1n) is 13.8. The lowest BCUT2D eigenvalue weighted by Crippen LogP contribution is -2.54. The molecule has 0 bridgehead atoms. The number of ether oxygens (including phenoxy) is 4. The maximum atomic E-state index is 14.0. The molecule has 2 aromatic rings. The summed E-state index contributed by atoms with van der Waals surface area (Å²) in [5.41, 5.74) is 3.34. The maximum absolute atomic E-state index is 14.0. The van der Waals surface area contributed by atoms with E-state index in [1.165, 1.54) is 0 Å². The molecule has 2 fully saturated rings. The second kappa shape index (κ2) is 10.9. The summed E-state index contributed by atoms with van der Waals surface area (Å²) in [6.45, 7) is 7.38. The van der Waals surface area contributed by atoms with Gasteiger partial charge in [-0.1, -0.05) is 19.9 Å². The second-order valence-corrected chi connectivity index (χ2v) is 11.4. The molecule has 216 valence electrons. The largest absolute Gasteiger partial charge is 0.497 e. The van der Waals surface area contributed by atoms with Crippen molar-refractivity contribution in [3.05, 3.63) is 58.8 Å². The summed E-state index contributed by atoms with van der Waals surface area (Å²) in [4.78, 5) is 20.2. The van der Waals surface area contributed by atoms with E-state index in [4.69, 9.17) is 18.9 Å². The zero-order valence-electron chi connectivity index (χ0n) is 24.5. The number of aliphatic hydroxyl groups excluding tert-OH is 1. The molecule has 0 atom stereocenters. The van der Waals surface area contributed by atoms with Crippen LogP contribution in [0.25, 0.3) is 0 Å². The van der Waals surface area contributed by atoms with Crippen LogP contribution in [0.5, 0.6) is 23.0 Å². The molecule has 2 aromatic carbocycles. The Labute approximate surface area is 236 Å². The van der Waals surface area contributed by atoms with Crippen LogP contribution in [-0.4, -0.2) is 86.1 Å². The van der Waals surface area contributed by atoms with E-state index in [0.717, 1.165) is 72.1 Å².